The zero-order chi connectivity index (χ0) is 14.6. The molecule has 1 nitrogen and oxygen atoms in total. The fourth-order valence-electron chi connectivity index (χ4n) is 1.74. The summed E-state index contributed by atoms with van der Waals surface area (Å²) < 4.78 is 44.6. The molecular weight excluding hydrogens is 285 g/mol. The van der Waals surface area contributed by atoms with Gasteiger partial charge in [0.15, 0.2) is 0 Å². The summed E-state index contributed by atoms with van der Waals surface area (Å²) in [6.07, 6.45) is -4.31. The van der Waals surface area contributed by atoms with Crippen molar-refractivity contribution < 1.29 is 17.9 Å². The minimum atomic E-state index is -4.31. The average molecular weight is 298 g/mol. The third-order valence-electron chi connectivity index (χ3n) is 2.71. The SMILES string of the molecule is COc1ccc(C(Sc2ccccc2)C(F)(F)F)cc1. The van der Waals surface area contributed by atoms with Crippen molar-refractivity contribution in [1.82, 2.24) is 0 Å². The maximum absolute atomic E-state index is 13.2. The first-order chi connectivity index (χ1) is 9.50. The first kappa shape index (κ1) is 14.8. The Bertz CT molecular complexity index is 537. The molecule has 0 aliphatic carbocycles. The van der Waals surface area contributed by atoms with Crippen LogP contribution in [0, 0.1) is 0 Å². The van der Waals surface area contributed by atoms with Gasteiger partial charge in [-0.2, -0.15) is 13.2 Å². The van der Waals surface area contributed by atoms with Crippen LogP contribution < -0.4 is 4.74 Å². The van der Waals surface area contributed by atoms with Crippen molar-refractivity contribution in [1.29, 1.82) is 0 Å². The van der Waals surface area contributed by atoms with Crippen LogP contribution in [0.4, 0.5) is 13.2 Å². The second-order valence-corrected chi connectivity index (χ2v) is 5.30. The van der Waals surface area contributed by atoms with Gasteiger partial charge in [-0.1, -0.05) is 30.3 Å². The van der Waals surface area contributed by atoms with Gasteiger partial charge in [0, 0.05) is 4.90 Å². The van der Waals surface area contributed by atoms with E-state index in [0.29, 0.717) is 10.6 Å². The zero-order valence-corrected chi connectivity index (χ0v) is 11.5. The van der Waals surface area contributed by atoms with Crippen molar-refractivity contribution in [2.45, 2.75) is 16.3 Å². The van der Waals surface area contributed by atoms with E-state index in [1.165, 1.54) is 19.2 Å². The number of rotatable bonds is 4. The fourth-order valence-corrected chi connectivity index (χ4v) is 2.75. The van der Waals surface area contributed by atoms with E-state index in [1.807, 2.05) is 0 Å². The Morgan fingerprint density at radius 3 is 2.05 bits per heavy atom. The molecule has 0 radical (unpaired) electrons. The van der Waals surface area contributed by atoms with Gasteiger partial charge in [0.1, 0.15) is 11.0 Å². The third-order valence-corrected chi connectivity index (χ3v) is 4.03. The van der Waals surface area contributed by atoms with Crippen LogP contribution in [0.2, 0.25) is 0 Å². The molecule has 0 fully saturated rings. The quantitative estimate of drug-likeness (QED) is 0.727. The molecule has 1 atom stereocenters. The van der Waals surface area contributed by atoms with E-state index in [-0.39, 0.29) is 5.56 Å². The lowest BCUT2D eigenvalue weighted by atomic mass is 10.1. The minimum absolute atomic E-state index is 0.215. The van der Waals surface area contributed by atoms with Crippen molar-refractivity contribution in [2.75, 3.05) is 7.11 Å². The van der Waals surface area contributed by atoms with Gasteiger partial charge in [-0.05, 0) is 29.8 Å². The molecule has 0 aliphatic heterocycles. The Morgan fingerprint density at radius 2 is 1.55 bits per heavy atom. The molecular formula is C15H13F3OS. The summed E-state index contributed by atoms with van der Waals surface area (Å²) >= 11 is 0.796. The van der Waals surface area contributed by atoms with Crippen molar-refractivity contribution in [2.24, 2.45) is 0 Å². The lowest BCUT2D eigenvalue weighted by Crippen LogP contribution is -2.17. The number of alkyl halides is 3. The van der Waals surface area contributed by atoms with E-state index in [0.717, 1.165) is 11.8 Å². The first-order valence-corrected chi connectivity index (χ1v) is 6.81. The molecule has 106 valence electrons. The van der Waals surface area contributed by atoms with Crippen LogP contribution in [0.1, 0.15) is 10.8 Å². The van der Waals surface area contributed by atoms with Crippen molar-refractivity contribution in [3.05, 3.63) is 60.2 Å². The van der Waals surface area contributed by atoms with E-state index in [2.05, 4.69) is 0 Å². The van der Waals surface area contributed by atoms with E-state index in [1.54, 1.807) is 42.5 Å². The number of hydrogen-bond acceptors (Lipinski definition) is 2. The Kier molecular flexibility index (Phi) is 4.60. The lowest BCUT2D eigenvalue weighted by Gasteiger charge is -2.20. The van der Waals surface area contributed by atoms with E-state index in [4.69, 9.17) is 4.74 Å². The van der Waals surface area contributed by atoms with Crippen molar-refractivity contribution in [3.8, 4) is 5.75 Å². The highest BCUT2D eigenvalue weighted by Gasteiger charge is 2.41. The largest absolute Gasteiger partial charge is 0.497 e. The molecule has 5 heteroatoms. The summed E-state index contributed by atoms with van der Waals surface area (Å²) in [5.74, 6) is 0.541. The highest BCUT2D eigenvalue weighted by Crippen LogP contribution is 2.46. The predicted molar refractivity (Wildman–Crippen MR) is 74.1 cm³/mol. The molecule has 0 saturated carbocycles. The molecule has 0 saturated heterocycles. The molecule has 0 amide bonds. The Morgan fingerprint density at radius 1 is 0.950 bits per heavy atom. The summed E-state index contributed by atoms with van der Waals surface area (Å²) in [6, 6.07) is 14.6. The Hall–Kier alpha value is -1.62. The number of halogens is 3. The number of ether oxygens (including phenoxy) is 1. The number of benzene rings is 2. The Labute approximate surface area is 119 Å². The Balaban J connectivity index is 2.28. The van der Waals surface area contributed by atoms with E-state index >= 15 is 0 Å². The molecule has 0 aliphatic rings. The highest BCUT2D eigenvalue weighted by atomic mass is 32.2. The van der Waals surface area contributed by atoms with Gasteiger partial charge in [-0.15, -0.1) is 11.8 Å². The molecule has 0 N–H and O–H groups in total. The minimum Gasteiger partial charge on any atom is -0.497 e. The summed E-state index contributed by atoms with van der Waals surface area (Å²) in [4.78, 5) is 0.589. The van der Waals surface area contributed by atoms with Crippen LogP contribution in [-0.2, 0) is 0 Å². The zero-order valence-electron chi connectivity index (χ0n) is 10.7. The van der Waals surface area contributed by atoms with E-state index < -0.39 is 11.4 Å². The standard InChI is InChI=1S/C15H13F3OS/c1-19-12-9-7-11(8-10-12)14(15(16,17)18)20-13-5-3-2-4-6-13/h2-10,14H,1H3. The van der Waals surface area contributed by atoms with Gasteiger partial charge >= 0.3 is 6.18 Å². The van der Waals surface area contributed by atoms with Crippen LogP contribution in [0.3, 0.4) is 0 Å². The molecule has 2 rings (SSSR count). The van der Waals surface area contributed by atoms with Crippen LogP contribution in [0.15, 0.2) is 59.5 Å². The van der Waals surface area contributed by atoms with Crippen molar-refractivity contribution in [3.63, 3.8) is 0 Å². The second kappa shape index (κ2) is 6.22. The summed E-state index contributed by atoms with van der Waals surface area (Å²) in [5, 5.41) is -1.59. The molecule has 0 aromatic heterocycles. The maximum Gasteiger partial charge on any atom is 0.404 e. The van der Waals surface area contributed by atoms with Gasteiger partial charge in [0.25, 0.3) is 0 Å². The summed E-state index contributed by atoms with van der Waals surface area (Å²) in [6.45, 7) is 0. The number of methoxy groups -OCH3 is 1. The van der Waals surface area contributed by atoms with Gasteiger partial charge in [-0.25, -0.2) is 0 Å². The maximum atomic E-state index is 13.2. The van der Waals surface area contributed by atoms with Gasteiger partial charge in [-0.3, -0.25) is 0 Å². The summed E-state index contributed by atoms with van der Waals surface area (Å²) in [7, 11) is 1.48. The molecule has 20 heavy (non-hydrogen) atoms. The summed E-state index contributed by atoms with van der Waals surface area (Å²) in [5.41, 5.74) is 0.215. The van der Waals surface area contributed by atoms with Gasteiger partial charge in [0.2, 0.25) is 0 Å². The lowest BCUT2D eigenvalue weighted by molar-refractivity contribution is -0.129. The molecule has 2 aromatic rings. The highest BCUT2D eigenvalue weighted by molar-refractivity contribution is 7.99. The molecule has 2 aromatic carbocycles. The number of hydrogen-bond donors (Lipinski definition) is 0. The fraction of sp³-hybridized carbons (Fsp3) is 0.200. The number of thioether (sulfide) groups is 1. The van der Waals surface area contributed by atoms with Gasteiger partial charge in [0.05, 0.1) is 7.11 Å². The van der Waals surface area contributed by atoms with Crippen molar-refractivity contribution >= 4 is 11.8 Å². The van der Waals surface area contributed by atoms with Crippen LogP contribution in [-0.4, -0.2) is 13.3 Å². The third kappa shape index (κ3) is 3.70. The van der Waals surface area contributed by atoms with Crippen LogP contribution in [0.5, 0.6) is 5.75 Å². The smallest absolute Gasteiger partial charge is 0.404 e. The molecule has 0 spiro atoms. The molecule has 1 unspecified atom stereocenters. The van der Waals surface area contributed by atoms with E-state index in [9.17, 15) is 13.2 Å². The normalized spacial score (nSPS) is 13.0. The predicted octanol–water partition coefficient (Wildman–Crippen LogP) is 5.09. The second-order valence-electron chi connectivity index (χ2n) is 4.13. The average Bonchev–Trinajstić information content (AvgIpc) is 2.45. The molecule has 0 heterocycles. The van der Waals surface area contributed by atoms with Crippen LogP contribution in [0.25, 0.3) is 0 Å². The molecule has 0 bridgehead atoms. The monoisotopic (exact) mass is 298 g/mol. The van der Waals surface area contributed by atoms with Crippen LogP contribution >= 0.6 is 11.8 Å². The topological polar surface area (TPSA) is 9.23 Å². The van der Waals surface area contributed by atoms with Gasteiger partial charge < -0.3 is 4.74 Å². The first-order valence-electron chi connectivity index (χ1n) is 5.93.